The van der Waals surface area contributed by atoms with Gasteiger partial charge in [-0.15, -0.1) is 0 Å². The standard InChI is InChI=1S/C43H30N2/c1-5-16-31(17-6-1)43-38-25-13-14-26-40(38)45(34-22-11-4-12-23-34)41-27-15-24-37(42(41)43)36-29-28-35(30-39(36)43)44(32-18-7-2-8-19-32)33-20-9-3-10-21-33/h1-30H. The second-order valence-electron chi connectivity index (χ2n) is 11.7. The van der Waals surface area contributed by atoms with Crippen LogP contribution < -0.4 is 9.80 Å². The van der Waals surface area contributed by atoms with Gasteiger partial charge in [0.15, 0.2) is 0 Å². The van der Waals surface area contributed by atoms with Crippen LogP contribution in [0.25, 0.3) is 11.1 Å². The lowest BCUT2D eigenvalue weighted by molar-refractivity contribution is 0.753. The van der Waals surface area contributed by atoms with Gasteiger partial charge in [0.2, 0.25) is 0 Å². The third kappa shape index (κ3) is 3.69. The maximum absolute atomic E-state index is 2.45. The molecule has 0 spiro atoms. The second kappa shape index (κ2) is 10.1. The first kappa shape index (κ1) is 25.6. The van der Waals surface area contributed by atoms with Crippen molar-refractivity contribution in [1.29, 1.82) is 0 Å². The molecule has 0 aromatic heterocycles. The number of para-hydroxylation sites is 4. The molecule has 2 heteroatoms. The van der Waals surface area contributed by atoms with Crippen LogP contribution in [0.5, 0.6) is 0 Å². The number of rotatable bonds is 5. The van der Waals surface area contributed by atoms with E-state index in [9.17, 15) is 0 Å². The van der Waals surface area contributed by atoms with Crippen LogP contribution >= 0.6 is 0 Å². The van der Waals surface area contributed by atoms with Gasteiger partial charge in [-0.05, 0) is 88.5 Å². The molecule has 2 nitrogen and oxygen atoms in total. The van der Waals surface area contributed by atoms with E-state index in [4.69, 9.17) is 0 Å². The maximum Gasteiger partial charge on any atom is 0.0755 e. The molecule has 7 aromatic rings. The number of fused-ring (bicyclic) bond motifs is 5. The smallest absolute Gasteiger partial charge is 0.0755 e. The van der Waals surface area contributed by atoms with Crippen LogP contribution in [-0.4, -0.2) is 0 Å². The van der Waals surface area contributed by atoms with Crippen LogP contribution in [0.15, 0.2) is 182 Å². The van der Waals surface area contributed by atoms with E-state index in [1.165, 1.54) is 44.8 Å². The quantitative estimate of drug-likeness (QED) is 0.202. The summed E-state index contributed by atoms with van der Waals surface area (Å²) in [7, 11) is 0. The Kier molecular flexibility index (Phi) is 5.76. The molecule has 2 aliphatic rings. The molecule has 45 heavy (non-hydrogen) atoms. The zero-order valence-electron chi connectivity index (χ0n) is 24.7. The molecule has 0 radical (unpaired) electrons. The van der Waals surface area contributed by atoms with Gasteiger partial charge in [-0.2, -0.15) is 0 Å². The van der Waals surface area contributed by atoms with E-state index in [1.807, 2.05) is 0 Å². The van der Waals surface area contributed by atoms with Gasteiger partial charge >= 0.3 is 0 Å². The third-order valence-corrected chi connectivity index (χ3v) is 9.41. The predicted molar refractivity (Wildman–Crippen MR) is 187 cm³/mol. The van der Waals surface area contributed by atoms with Crippen molar-refractivity contribution >= 4 is 34.1 Å². The highest BCUT2D eigenvalue weighted by Crippen LogP contribution is 2.65. The lowest BCUT2D eigenvalue weighted by Crippen LogP contribution is -2.36. The maximum atomic E-state index is 2.45. The van der Waals surface area contributed by atoms with Crippen LogP contribution in [0.4, 0.5) is 34.1 Å². The van der Waals surface area contributed by atoms with Gasteiger partial charge in [0.25, 0.3) is 0 Å². The summed E-state index contributed by atoms with van der Waals surface area (Å²) in [6.07, 6.45) is 0. The summed E-state index contributed by atoms with van der Waals surface area (Å²) in [6, 6.07) is 66.1. The Labute approximate surface area is 264 Å². The summed E-state index contributed by atoms with van der Waals surface area (Å²) in [5.74, 6) is 0. The topological polar surface area (TPSA) is 6.48 Å². The molecule has 0 N–H and O–H groups in total. The van der Waals surface area contributed by atoms with E-state index in [2.05, 4.69) is 192 Å². The van der Waals surface area contributed by atoms with Crippen molar-refractivity contribution < 1.29 is 0 Å². The van der Waals surface area contributed by atoms with Crippen molar-refractivity contribution in [2.24, 2.45) is 0 Å². The summed E-state index contributed by atoms with van der Waals surface area (Å²) >= 11 is 0. The molecule has 9 rings (SSSR count). The molecule has 1 unspecified atom stereocenters. The Hall–Kier alpha value is -5.86. The molecule has 0 amide bonds. The first-order chi connectivity index (χ1) is 22.4. The van der Waals surface area contributed by atoms with Crippen molar-refractivity contribution in [2.45, 2.75) is 5.41 Å². The molecule has 1 atom stereocenters. The van der Waals surface area contributed by atoms with Gasteiger partial charge < -0.3 is 9.80 Å². The molecule has 0 saturated heterocycles. The summed E-state index contributed by atoms with van der Waals surface area (Å²) in [6.45, 7) is 0. The number of nitrogens with zero attached hydrogens (tertiary/aromatic N) is 2. The summed E-state index contributed by atoms with van der Waals surface area (Å²) < 4.78 is 0. The average molecular weight is 575 g/mol. The third-order valence-electron chi connectivity index (χ3n) is 9.41. The highest BCUT2D eigenvalue weighted by molar-refractivity contribution is 6.00. The highest BCUT2D eigenvalue weighted by Gasteiger charge is 2.52. The van der Waals surface area contributed by atoms with E-state index in [1.54, 1.807) is 0 Å². The zero-order chi connectivity index (χ0) is 29.8. The number of benzene rings is 7. The molecule has 1 aliphatic carbocycles. The van der Waals surface area contributed by atoms with Crippen LogP contribution in [-0.2, 0) is 5.41 Å². The van der Waals surface area contributed by atoms with Gasteiger partial charge in [0.05, 0.1) is 16.8 Å². The molecule has 7 aromatic carbocycles. The Morgan fingerprint density at radius 1 is 0.400 bits per heavy atom. The van der Waals surface area contributed by atoms with Crippen molar-refractivity contribution in [3.63, 3.8) is 0 Å². The Morgan fingerprint density at radius 3 is 1.67 bits per heavy atom. The molecule has 1 aliphatic heterocycles. The first-order valence-electron chi connectivity index (χ1n) is 15.5. The van der Waals surface area contributed by atoms with Gasteiger partial charge in [0.1, 0.15) is 0 Å². The van der Waals surface area contributed by atoms with Gasteiger partial charge in [-0.3, -0.25) is 0 Å². The first-order valence-corrected chi connectivity index (χ1v) is 15.5. The molecular weight excluding hydrogens is 544 g/mol. The summed E-state index contributed by atoms with van der Waals surface area (Å²) in [4.78, 5) is 4.82. The Morgan fingerprint density at radius 2 is 0.978 bits per heavy atom. The Balaban J connectivity index is 1.38. The fraction of sp³-hybridized carbons (Fsp3) is 0.0233. The normalized spacial score (nSPS) is 15.6. The second-order valence-corrected chi connectivity index (χ2v) is 11.7. The van der Waals surface area contributed by atoms with Crippen LogP contribution in [0.1, 0.15) is 22.3 Å². The molecule has 0 saturated carbocycles. The van der Waals surface area contributed by atoms with Gasteiger partial charge in [0, 0.05) is 28.3 Å². The van der Waals surface area contributed by atoms with E-state index in [-0.39, 0.29) is 0 Å². The SMILES string of the molecule is c1ccc(N(c2ccccc2)c2ccc3c(c2)C2(c4ccccc4)c4ccccc4N(c4ccccc4)c4cccc-3c42)cc1. The minimum atomic E-state index is -0.487. The highest BCUT2D eigenvalue weighted by atomic mass is 15.2. The van der Waals surface area contributed by atoms with Crippen molar-refractivity contribution in [3.05, 3.63) is 204 Å². The summed E-state index contributed by atoms with van der Waals surface area (Å²) in [5.41, 5.74) is 14.3. The lowest BCUT2D eigenvalue weighted by Gasteiger charge is -2.44. The van der Waals surface area contributed by atoms with E-state index in [0.717, 1.165) is 22.7 Å². The fourth-order valence-electron chi connectivity index (χ4n) is 7.69. The van der Waals surface area contributed by atoms with Crippen LogP contribution in [0.3, 0.4) is 0 Å². The molecule has 0 fully saturated rings. The van der Waals surface area contributed by atoms with E-state index < -0.39 is 5.41 Å². The number of hydrogen-bond acceptors (Lipinski definition) is 2. The largest absolute Gasteiger partial charge is 0.310 e. The minimum absolute atomic E-state index is 0.487. The minimum Gasteiger partial charge on any atom is -0.310 e. The predicted octanol–water partition coefficient (Wildman–Crippen LogP) is 11.3. The molecule has 0 bridgehead atoms. The van der Waals surface area contributed by atoms with Gasteiger partial charge in [-0.1, -0.05) is 121 Å². The lowest BCUT2D eigenvalue weighted by atomic mass is 9.65. The monoisotopic (exact) mass is 574 g/mol. The van der Waals surface area contributed by atoms with Crippen molar-refractivity contribution in [1.82, 2.24) is 0 Å². The number of hydrogen-bond donors (Lipinski definition) is 0. The van der Waals surface area contributed by atoms with E-state index >= 15 is 0 Å². The van der Waals surface area contributed by atoms with Gasteiger partial charge in [-0.25, -0.2) is 0 Å². The molecule has 1 heterocycles. The van der Waals surface area contributed by atoms with Crippen LogP contribution in [0, 0.1) is 0 Å². The average Bonchev–Trinajstić information content (AvgIpc) is 3.42. The molecule has 212 valence electrons. The van der Waals surface area contributed by atoms with Crippen molar-refractivity contribution in [3.8, 4) is 11.1 Å². The van der Waals surface area contributed by atoms with Crippen LogP contribution in [0.2, 0.25) is 0 Å². The fourth-order valence-corrected chi connectivity index (χ4v) is 7.69. The zero-order valence-corrected chi connectivity index (χ0v) is 24.7. The van der Waals surface area contributed by atoms with Crippen molar-refractivity contribution in [2.75, 3.05) is 9.80 Å². The Bertz CT molecular complexity index is 2120. The molecular formula is C43H30N2. The summed E-state index contributed by atoms with van der Waals surface area (Å²) in [5, 5.41) is 0. The number of anilines is 6. The van der Waals surface area contributed by atoms with E-state index in [0.29, 0.717) is 0 Å².